The molecule has 0 aliphatic heterocycles. The van der Waals surface area contributed by atoms with E-state index < -0.39 is 0 Å². The van der Waals surface area contributed by atoms with Crippen molar-refractivity contribution in [2.24, 2.45) is 11.7 Å². The molecule has 1 heterocycles. The molecule has 0 aliphatic rings. The Balaban J connectivity index is 0.00000242. The summed E-state index contributed by atoms with van der Waals surface area (Å²) in [5.74, 6) is -0.335. The molecular weight excluding hydrogens is 333 g/mol. The molecule has 6 heteroatoms. The zero-order valence-corrected chi connectivity index (χ0v) is 14.9. The molecule has 2 unspecified atom stereocenters. The standard InChI is InChI=1S/C17H21N3O.2ClH/c1-12-8-9-14(10-19-12)11-20-17(21)13(2)16(18)15-6-4-3-5-7-15;;/h3-10,13,16H,11,18H2,1-2H3,(H,20,21);2*1H. The Bertz CT molecular complexity index is 591. The molecule has 1 amide bonds. The highest BCUT2D eigenvalue weighted by molar-refractivity contribution is 5.85. The van der Waals surface area contributed by atoms with E-state index in [2.05, 4.69) is 10.3 Å². The first-order valence-electron chi connectivity index (χ1n) is 7.07. The minimum Gasteiger partial charge on any atom is -0.352 e. The minimum absolute atomic E-state index is 0. The van der Waals surface area contributed by atoms with E-state index in [1.165, 1.54) is 0 Å². The second kappa shape index (κ2) is 10.2. The maximum atomic E-state index is 12.2. The zero-order chi connectivity index (χ0) is 15.2. The summed E-state index contributed by atoms with van der Waals surface area (Å²) in [6, 6.07) is 13.3. The van der Waals surface area contributed by atoms with E-state index in [1.54, 1.807) is 6.20 Å². The number of aryl methyl sites for hydroxylation is 1. The summed E-state index contributed by atoms with van der Waals surface area (Å²) in [6.45, 7) is 4.25. The Morgan fingerprint density at radius 3 is 2.39 bits per heavy atom. The van der Waals surface area contributed by atoms with Gasteiger partial charge in [-0.15, -0.1) is 24.8 Å². The fourth-order valence-electron chi connectivity index (χ4n) is 2.08. The van der Waals surface area contributed by atoms with Crippen molar-refractivity contribution in [2.45, 2.75) is 26.4 Å². The number of benzene rings is 1. The van der Waals surface area contributed by atoms with Crippen LogP contribution < -0.4 is 11.1 Å². The van der Waals surface area contributed by atoms with Gasteiger partial charge in [-0.25, -0.2) is 0 Å². The number of rotatable bonds is 5. The van der Waals surface area contributed by atoms with Gasteiger partial charge in [-0.2, -0.15) is 0 Å². The van der Waals surface area contributed by atoms with E-state index in [1.807, 2.05) is 56.3 Å². The quantitative estimate of drug-likeness (QED) is 0.865. The Morgan fingerprint density at radius 1 is 1.17 bits per heavy atom. The highest BCUT2D eigenvalue weighted by Gasteiger charge is 2.21. The topological polar surface area (TPSA) is 68.0 Å². The highest BCUT2D eigenvalue weighted by atomic mass is 35.5. The first kappa shape index (κ1) is 21.4. The maximum Gasteiger partial charge on any atom is 0.225 e. The summed E-state index contributed by atoms with van der Waals surface area (Å²) < 4.78 is 0. The van der Waals surface area contributed by atoms with Crippen LogP contribution in [-0.2, 0) is 11.3 Å². The molecule has 0 aliphatic carbocycles. The predicted octanol–water partition coefficient (Wildman–Crippen LogP) is 3.19. The second-order valence-corrected chi connectivity index (χ2v) is 5.25. The number of aromatic nitrogens is 1. The van der Waals surface area contributed by atoms with Gasteiger partial charge in [0.1, 0.15) is 0 Å². The fourth-order valence-corrected chi connectivity index (χ4v) is 2.08. The van der Waals surface area contributed by atoms with Crippen molar-refractivity contribution < 1.29 is 4.79 Å². The molecule has 4 nitrogen and oxygen atoms in total. The van der Waals surface area contributed by atoms with Crippen molar-refractivity contribution in [3.05, 3.63) is 65.5 Å². The average Bonchev–Trinajstić information content (AvgIpc) is 2.53. The number of nitrogens with one attached hydrogen (secondary N) is 1. The van der Waals surface area contributed by atoms with Crippen molar-refractivity contribution in [1.29, 1.82) is 0 Å². The van der Waals surface area contributed by atoms with Crippen LogP contribution in [0.2, 0.25) is 0 Å². The number of carbonyl (C=O) groups excluding carboxylic acids is 1. The maximum absolute atomic E-state index is 12.2. The largest absolute Gasteiger partial charge is 0.352 e. The number of nitrogens with two attached hydrogens (primary N) is 1. The molecule has 0 saturated carbocycles. The summed E-state index contributed by atoms with van der Waals surface area (Å²) in [5.41, 5.74) is 9.07. The molecule has 2 rings (SSSR count). The zero-order valence-electron chi connectivity index (χ0n) is 13.2. The minimum atomic E-state index is -0.303. The summed E-state index contributed by atoms with van der Waals surface area (Å²) in [5, 5.41) is 2.91. The van der Waals surface area contributed by atoms with Crippen LogP contribution in [0.15, 0.2) is 48.7 Å². The first-order valence-corrected chi connectivity index (χ1v) is 7.07. The lowest BCUT2D eigenvalue weighted by molar-refractivity contribution is -0.125. The number of pyridine rings is 1. The van der Waals surface area contributed by atoms with Gasteiger partial charge in [0.25, 0.3) is 0 Å². The average molecular weight is 356 g/mol. The number of carbonyl (C=O) groups is 1. The van der Waals surface area contributed by atoms with Crippen LogP contribution >= 0.6 is 24.8 Å². The van der Waals surface area contributed by atoms with E-state index >= 15 is 0 Å². The van der Waals surface area contributed by atoms with Gasteiger partial charge in [-0.05, 0) is 24.1 Å². The third-order valence-electron chi connectivity index (χ3n) is 3.58. The Kier molecular flexibility index (Phi) is 9.49. The molecule has 0 saturated heterocycles. The molecule has 2 aromatic rings. The lowest BCUT2D eigenvalue weighted by Crippen LogP contribution is -2.35. The lowest BCUT2D eigenvalue weighted by atomic mass is 9.94. The third kappa shape index (κ3) is 6.18. The van der Waals surface area contributed by atoms with Crippen LogP contribution in [0.3, 0.4) is 0 Å². The van der Waals surface area contributed by atoms with Gasteiger partial charge < -0.3 is 11.1 Å². The van der Waals surface area contributed by atoms with E-state index in [0.717, 1.165) is 16.8 Å². The monoisotopic (exact) mass is 355 g/mol. The molecule has 1 aromatic heterocycles. The third-order valence-corrected chi connectivity index (χ3v) is 3.58. The molecule has 23 heavy (non-hydrogen) atoms. The van der Waals surface area contributed by atoms with E-state index in [4.69, 9.17) is 5.73 Å². The summed E-state index contributed by atoms with van der Waals surface area (Å²) in [4.78, 5) is 16.4. The molecule has 2 atom stereocenters. The summed E-state index contributed by atoms with van der Waals surface area (Å²) in [7, 11) is 0. The van der Waals surface area contributed by atoms with Crippen LogP contribution in [0.1, 0.15) is 29.8 Å². The van der Waals surface area contributed by atoms with Gasteiger partial charge in [0.05, 0.1) is 5.92 Å². The van der Waals surface area contributed by atoms with Crippen molar-refractivity contribution >= 4 is 30.7 Å². The molecule has 0 spiro atoms. The van der Waals surface area contributed by atoms with Crippen molar-refractivity contribution in [3.8, 4) is 0 Å². The van der Waals surface area contributed by atoms with E-state index in [-0.39, 0.29) is 42.7 Å². The van der Waals surface area contributed by atoms with Crippen LogP contribution in [0.4, 0.5) is 0 Å². The molecule has 1 aromatic carbocycles. The number of halogens is 2. The molecule has 126 valence electrons. The van der Waals surface area contributed by atoms with Crippen LogP contribution in [-0.4, -0.2) is 10.9 Å². The Hall–Kier alpha value is -1.62. The highest BCUT2D eigenvalue weighted by Crippen LogP contribution is 2.19. The predicted molar refractivity (Wildman–Crippen MR) is 97.9 cm³/mol. The second-order valence-electron chi connectivity index (χ2n) is 5.25. The molecule has 0 fully saturated rings. The molecular formula is C17H23Cl2N3O. The SMILES string of the molecule is Cc1ccc(CNC(=O)C(C)C(N)c2ccccc2)cn1.Cl.Cl. The van der Waals surface area contributed by atoms with E-state index in [9.17, 15) is 4.79 Å². The number of amides is 1. The Labute approximate surface area is 149 Å². The normalized spacial score (nSPS) is 12.3. The lowest BCUT2D eigenvalue weighted by Gasteiger charge is -2.19. The fraction of sp³-hybridized carbons (Fsp3) is 0.294. The van der Waals surface area contributed by atoms with Gasteiger partial charge in [0.2, 0.25) is 5.91 Å². The van der Waals surface area contributed by atoms with Gasteiger partial charge in [-0.1, -0.05) is 43.3 Å². The molecule has 0 radical (unpaired) electrons. The van der Waals surface area contributed by atoms with E-state index in [0.29, 0.717) is 6.54 Å². The molecule has 3 N–H and O–H groups in total. The van der Waals surface area contributed by atoms with Gasteiger partial charge in [-0.3, -0.25) is 9.78 Å². The smallest absolute Gasteiger partial charge is 0.225 e. The van der Waals surface area contributed by atoms with Crippen LogP contribution in [0.25, 0.3) is 0 Å². The first-order chi connectivity index (χ1) is 10.1. The van der Waals surface area contributed by atoms with Crippen LogP contribution in [0, 0.1) is 12.8 Å². The number of nitrogens with zero attached hydrogens (tertiary/aromatic N) is 1. The van der Waals surface area contributed by atoms with Crippen LogP contribution in [0.5, 0.6) is 0 Å². The van der Waals surface area contributed by atoms with Gasteiger partial charge >= 0.3 is 0 Å². The summed E-state index contributed by atoms with van der Waals surface area (Å²) >= 11 is 0. The summed E-state index contributed by atoms with van der Waals surface area (Å²) in [6.07, 6.45) is 1.78. The van der Waals surface area contributed by atoms with Gasteiger partial charge in [0.15, 0.2) is 0 Å². The van der Waals surface area contributed by atoms with Crippen molar-refractivity contribution in [3.63, 3.8) is 0 Å². The Morgan fingerprint density at radius 2 is 1.83 bits per heavy atom. The number of hydrogen-bond acceptors (Lipinski definition) is 3. The molecule has 0 bridgehead atoms. The van der Waals surface area contributed by atoms with Gasteiger partial charge in [0, 0.05) is 24.5 Å². The number of hydrogen-bond donors (Lipinski definition) is 2. The van der Waals surface area contributed by atoms with Crippen molar-refractivity contribution in [1.82, 2.24) is 10.3 Å². The van der Waals surface area contributed by atoms with Crippen molar-refractivity contribution in [2.75, 3.05) is 0 Å².